The zero-order chi connectivity index (χ0) is 38.1. The van der Waals surface area contributed by atoms with Gasteiger partial charge in [-0.3, -0.25) is 0 Å². The molecule has 0 bridgehead atoms. The van der Waals surface area contributed by atoms with Crippen LogP contribution in [0.5, 0.6) is 0 Å². The second kappa shape index (κ2) is 16.0. The second-order valence-electron chi connectivity index (χ2n) is 19.1. The molecule has 0 amide bonds. The molecule has 0 saturated heterocycles. The van der Waals surface area contributed by atoms with E-state index in [1.54, 1.807) is 0 Å². The lowest BCUT2D eigenvalue weighted by Gasteiger charge is -2.52. The van der Waals surface area contributed by atoms with Gasteiger partial charge in [-0.05, 0) is 105 Å². The molecule has 8 atom stereocenters. The summed E-state index contributed by atoms with van der Waals surface area (Å²) < 4.78 is 15.5. The fraction of sp³-hybridized carbons (Fsp3) is 0.500. The molecule has 3 aliphatic carbocycles. The monoisotopic (exact) mass is 760 g/mol. The minimum absolute atomic E-state index is 0.0923. The van der Waals surface area contributed by atoms with Crippen molar-refractivity contribution in [3.63, 3.8) is 0 Å². The van der Waals surface area contributed by atoms with E-state index in [9.17, 15) is 10.2 Å². The summed E-state index contributed by atoms with van der Waals surface area (Å²) in [7, 11) is -5.48. The van der Waals surface area contributed by atoms with Gasteiger partial charge in [0, 0.05) is 13.2 Å². The van der Waals surface area contributed by atoms with Crippen LogP contribution >= 0.6 is 0 Å². The van der Waals surface area contributed by atoms with E-state index >= 15 is 0 Å². The molecular weight excluding hydrogens is 697 g/mol. The van der Waals surface area contributed by atoms with Crippen molar-refractivity contribution in [3.8, 4) is 0 Å². The van der Waals surface area contributed by atoms with Crippen LogP contribution in [0, 0.1) is 35.5 Å². The van der Waals surface area contributed by atoms with E-state index in [1.165, 1.54) is 20.7 Å². The molecule has 0 heterocycles. The number of fused-ring (bicyclic) bond motifs is 2. The van der Waals surface area contributed by atoms with Gasteiger partial charge in [0.05, 0.1) is 12.2 Å². The fourth-order valence-electron chi connectivity index (χ4n) is 11.2. The van der Waals surface area contributed by atoms with E-state index in [0.717, 1.165) is 38.5 Å². The van der Waals surface area contributed by atoms with E-state index in [1.807, 2.05) is 0 Å². The van der Waals surface area contributed by atoms with Crippen LogP contribution in [-0.4, -0.2) is 52.3 Å². The maximum absolute atomic E-state index is 10.7. The van der Waals surface area contributed by atoms with E-state index < -0.39 is 28.8 Å². The smallest absolute Gasteiger partial charge is 0.261 e. The van der Waals surface area contributed by atoms with Crippen molar-refractivity contribution in [2.45, 2.75) is 102 Å². The van der Waals surface area contributed by atoms with E-state index in [0.29, 0.717) is 48.7 Å². The second-order valence-corrected chi connectivity index (χ2v) is 27.7. The van der Waals surface area contributed by atoms with Crippen LogP contribution in [0.15, 0.2) is 121 Å². The van der Waals surface area contributed by atoms with Crippen molar-refractivity contribution in [1.82, 2.24) is 0 Å². The third kappa shape index (κ3) is 7.51. The Morgan fingerprint density at radius 3 is 0.944 bits per heavy atom. The third-order valence-corrected chi connectivity index (χ3v) is 23.8. The summed E-state index contributed by atoms with van der Waals surface area (Å²) in [5.41, 5.74) is 0. The van der Waals surface area contributed by atoms with E-state index in [4.69, 9.17) is 8.85 Å². The average Bonchev–Trinajstić information content (AvgIpc) is 3.16. The predicted molar refractivity (Wildman–Crippen MR) is 228 cm³/mol. The minimum atomic E-state index is -2.74. The Morgan fingerprint density at radius 2 is 0.685 bits per heavy atom. The van der Waals surface area contributed by atoms with E-state index in [2.05, 4.69) is 163 Å². The summed E-state index contributed by atoms with van der Waals surface area (Å²) >= 11 is 0. The van der Waals surface area contributed by atoms with Crippen LogP contribution in [0.2, 0.25) is 10.1 Å². The predicted octanol–water partition coefficient (Wildman–Crippen LogP) is 7.94. The summed E-state index contributed by atoms with van der Waals surface area (Å²) in [6.45, 7) is 15.7. The minimum Gasteiger partial charge on any atom is -0.407 e. The number of hydrogen-bond acceptors (Lipinski definition) is 4. The highest BCUT2D eigenvalue weighted by molar-refractivity contribution is 7.00. The lowest BCUT2D eigenvalue weighted by Crippen LogP contribution is -2.67. The molecule has 7 rings (SSSR count). The lowest BCUT2D eigenvalue weighted by molar-refractivity contribution is -0.0863. The molecule has 2 N–H and O–H groups in total. The summed E-state index contributed by atoms with van der Waals surface area (Å²) in [6.07, 6.45) is 4.84. The van der Waals surface area contributed by atoms with Crippen LogP contribution < -0.4 is 20.7 Å². The molecule has 3 fully saturated rings. The van der Waals surface area contributed by atoms with Gasteiger partial charge in [-0.2, -0.15) is 0 Å². The number of hydrogen-bond donors (Lipinski definition) is 2. The van der Waals surface area contributed by atoms with Crippen LogP contribution in [0.4, 0.5) is 0 Å². The molecule has 0 radical (unpaired) electrons. The molecule has 4 aromatic rings. The molecule has 288 valence electrons. The molecule has 0 aromatic heterocycles. The maximum Gasteiger partial charge on any atom is 0.261 e. The van der Waals surface area contributed by atoms with Gasteiger partial charge in [0.2, 0.25) is 0 Å². The Kier molecular flexibility index (Phi) is 11.6. The average molecular weight is 761 g/mol. The van der Waals surface area contributed by atoms with Gasteiger partial charge >= 0.3 is 0 Å². The SMILES string of the molecule is CC(C)(C)[Si](OC[C@@H]1C[C@@H]2C[C@H]3C[C@@H](O)[C@H](O)C[C@H]3C[C@@H]2C[C@H]1CO[Si](c1ccccc1)(c1ccccc1)C(C)(C)C)(c1ccccc1)c1ccccc1. The Hall–Kier alpha value is -2.85. The Morgan fingerprint density at radius 1 is 0.426 bits per heavy atom. The van der Waals surface area contributed by atoms with Crippen molar-refractivity contribution < 1.29 is 19.1 Å². The van der Waals surface area contributed by atoms with Gasteiger partial charge in [0.25, 0.3) is 16.6 Å². The van der Waals surface area contributed by atoms with Crippen LogP contribution in [0.1, 0.15) is 80.1 Å². The number of aliphatic hydroxyl groups is 2. The standard InChI is InChI=1S/C48H64O4Si2/c1-47(2,3)53(41-19-11-7-12-20-41,42-21-13-8-14-22-42)51-33-39-29-35-27-37-31-45(49)46(50)32-38(37)28-36(35)30-40(39)34-52-54(48(4,5)6,43-23-15-9-16-24-43)44-25-17-10-18-26-44/h7-26,35-40,45-46,49-50H,27-34H2,1-6H3/t35-,36+,37-,38+,39-,40-,45+,46+/m0/s1. The van der Waals surface area contributed by atoms with Crippen molar-refractivity contribution in [1.29, 1.82) is 0 Å². The lowest BCUT2D eigenvalue weighted by atomic mass is 9.56. The molecule has 54 heavy (non-hydrogen) atoms. The summed E-state index contributed by atoms with van der Waals surface area (Å²) in [4.78, 5) is 0. The zero-order valence-corrected chi connectivity index (χ0v) is 35.5. The molecular formula is C48H64O4Si2. The van der Waals surface area contributed by atoms with Gasteiger partial charge in [0.1, 0.15) is 0 Å². The molecule has 0 unspecified atom stereocenters. The Balaban J connectivity index is 1.26. The Labute approximate surface area is 327 Å². The molecule has 3 aliphatic rings. The van der Waals surface area contributed by atoms with E-state index in [-0.39, 0.29) is 10.1 Å². The molecule has 6 heteroatoms. The first-order chi connectivity index (χ1) is 25.8. The summed E-state index contributed by atoms with van der Waals surface area (Å²) in [5.74, 6) is 2.89. The van der Waals surface area contributed by atoms with Gasteiger partial charge < -0.3 is 19.1 Å². The highest BCUT2D eigenvalue weighted by atomic mass is 28.4. The largest absolute Gasteiger partial charge is 0.407 e. The first-order valence-corrected chi connectivity index (χ1v) is 24.5. The Bertz CT molecular complexity index is 1560. The number of rotatable bonds is 10. The fourth-order valence-corrected chi connectivity index (χ4v) is 20.4. The number of benzene rings is 4. The van der Waals surface area contributed by atoms with Crippen molar-refractivity contribution in [2.24, 2.45) is 35.5 Å². The molecule has 4 aromatic carbocycles. The topological polar surface area (TPSA) is 58.9 Å². The van der Waals surface area contributed by atoms with Crippen molar-refractivity contribution in [2.75, 3.05) is 13.2 Å². The molecule has 0 aliphatic heterocycles. The van der Waals surface area contributed by atoms with Gasteiger partial charge in [-0.1, -0.05) is 163 Å². The van der Waals surface area contributed by atoms with Gasteiger partial charge in [-0.25, -0.2) is 0 Å². The quantitative estimate of drug-likeness (QED) is 0.161. The first-order valence-electron chi connectivity index (χ1n) is 20.7. The highest BCUT2D eigenvalue weighted by Gasteiger charge is 2.54. The maximum atomic E-state index is 10.7. The zero-order valence-electron chi connectivity index (χ0n) is 33.5. The van der Waals surface area contributed by atoms with Crippen LogP contribution in [-0.2, 0) is 8.85 Å². The van der Waals surface area contributed by atoms with Crippen LogP contribution in [0.3, 0.4) is 0 Å². The number of aliphatic hydroxyl groups excluding tert-OH is 2. The molecule has 4 nitrogen and oxygen atoms in total. The van der Waals surface area contributed by atoms with Gasteiger partial charge in [-0.15, -0.1) is 0 Å². The third-order valence-electron chi connectivity index (χ3n) is 13.8. The van der Waals surface area contributed by atoms with Crippen LogP contribution in [0.25, 0.3) is 0 Å². The normalized spacial score (nSPS) is 27.9. The molecule has 3 saturated carbocycles. The van der Waals surface area contributed by atoms with Crippen molar-refractivity contribution in [3.05, 3.63) is 121 Å². The van der Waals surface area contributed by atoms with Crippen molar-refractivity contribution >= 4 is 37.4 Å². The van der Waals surface area contributed by atoms with Gasteiger partial charge in [0.15, 0.2) is 0 Å². The molecule has 0 spiro atoms. The highest BCUT2D eigenvalue weighted by Crippen LogP contribution is 2.53. The first kappa shape index (κ1) is 39.4. The summed E-state index contributed by atoms with van der Waals surface area (Å²) in [6, 6.07) is 44.3. The summed E-state index contributed by atoms with van der Waals surface area (Å²) in [5, 5.41) is 26.5.